The Morgan fingerprint density at radius 3 is 1.84 bits per heavy atom. The average molecular weight is 490 g/mol. The van der Waals surface area contributed by atoms with E-state index in [1.54, 1.807) is 0 Å². The number of hydrogen-bond donors (Lipinski definition) is 1. The molecular weight excluding hydrogens is 458 g/mol. The SMILES string of the molecule is C=[C]([Fe][c]1c(C(C)C)cccc1C(C)C)c1ccc2ccc3ccc(C)nc3c2n1.Cl.N. The minimum Gasteiger partial charge on any atom is -0.344 e. The summed E-state index contributed by atoms with van der Waals surface area (Å²) in [4.78, 5) is 9.80. The topological polar surface area (TPSA) is 60.8 Å². The van der Waals surface area contributed by atoms with E-state index in [0.29, 0.717) is 11.8 Å². The number of aromatic nitrogens is 2. The van der Waals surface area contributed by atoms with Gasteiger partial charge in [0.25, 0.3) is 0 Å². The summed E-state index contributed by atoms with van der Waals surface area (Å²) in [6.45, 7) is 15.5. The van der Waals surface area contributed by atoms with Crippen molar-refractivity contribution in [3.8, 4) is 0 Å². The quantitative estimate of drug-likeness (QED) is 0.236. The summed E-state index contributed by atoms with van der Waals surface area (Å²) in [7, 11) is 0. The third-order valence-corrected chi connectivity index (χ3v) is 6.94. The van der Waals surface area contributed by atoms with Gasteiger partial charge in [0.15, 0.2) is 0 Å². The van der Waals surface area contributed by atoms with Gasteiger partial charge in [-0.2, -0.15) is 0 Å². The van der Waals surface area contributed by atoms with E-state index >= 15 is 0 Å². The standard InChI is InChI=1S/C15H11N2.C12H17.ClH.Fe.H3N/c1-3-13-9-8-12-7-6-11-5-4-10(2)16-14(11)15(12)17-13;1-9(2)11-6-5-7-12(8-11)10(3)4;;;/h4-9H,1H2,2H3;5-7,9-10H,1-4H3;1H;;1H3. The van der Waals surface area contributed by atoms with Gasteiger partial charge >= 0.3 is 186 Å². The number of rotatable bonds is 5. The summed E-state index contributed by atoms with van der Waals surface area (Å²) in [5.41, 5.74) is 6.69. The summed E-state index contributed by atoms with van der Waals surface area (Å²) in [6.07, 6.45) is 0. The van der Waals surface area contributed by atoms with Gasteiger partial charge in [-0.15, -0.1) is 12.4 Å². The van der Waals surface area contributed by atoms with Crippen LogP contribution in [0.15, 0.2) is 61.2 Å². The van der Waals surface area contributed by atoms with Crippen LogP contribution >= 0.6 is 12.4 Å². The van der Waals surface area contributed by atoms with Crippen LogP contribution in [-0.2, 0) is 15.0 Å². The number of hydrogen-bond acceptors (Lipinski definition) is 3. The molecule has 0 aliphatic carbocycles. The molecule has 0 atom stereocenters. The molecule has 2 aromatic carbocycles. The Hall–Kier alpha value is -2.23. The fourth-order valence-electron chi connectivity index (χ4n) is 3.71. The van der Waals surface area contributed by atoms with Gasteiger partial charge < -0.3 is 6.15 Å². The van der Waals surface area contributed by atoms with Gasteiger partial charge in [-0.1, -0.05) is 0 Å². The van der Waals surface area contributed by atoms with Crippen LogP contribution < -0.4 is 10.6 Å². The molecule has 3 nitrogen and oxygen atoms in total. The number of fused-ring (bicyclic) bond motifs is 3. The van der Waals surface area contributed by atoms with Gasteiger partial charge in [-0.05, 0) is 0 Å². The first kappa shape index (κ1) is 26.0. The second-order valence-electron chi connectivity index (χ2n) is 8.38. The molecule has 2 heterocycles. The summed E-state index contributed by atoms with van der Waals surface area (Å²) in [5, 5.41) is 2.23. The molecule has 3 N–H and O–H groups in total. The number of pyridine rings is 2. The zero-order valence-electron chi connectivity index (χ0n) is 19.4. The summed E-state index contributed by atoms with van der Waals surface area (Å²) in [6, 6.07) is 19.4. The van der Waals surface area contributed by atoms with E-state index in [9.17, 15) is 0 Å². The number of aryl methyl sites for hydroxylation is 1. The van der Waals surface area contributed by atoms with Crippen molar-refractivity contribution < 1.29 is 15.0 Å². The van der Waals surface area contributed by atoms with Gasteiger partial charge in [0.2, 0.25) is 0 Å². The molecule has 0 radical (unpaired) electrons. The fraction of sp³-hybridized carbons (Fsp3) is 0.259. The van der Waals surface area contributed by atoms with E-state index in [1.807, 2.05) is 13.0 Å². The van der Waals surface area contributed by atoms with Crippen LogP contribution in [0.3, 0.4) is 0 Å². The van der Waals surface area contributed by atoms with Gasteiger partial charge in [-0.25, -0.2) is 0 Å². The Labute approximate surface area is 203 Å². The molecule has 4 aromatic rings. The van der Waals surface area contributed by atoms with Crippen molar-refractivity contribution in [2.24, 2.45) is 0 Å². The minimum atomic E-state index is 0. The minimum absolute atomic E-state index is 0. The molecule has 32 heavy (non-hydrogen) atoms. The molecular formula is C27H32ClFeN3. The van der Waals surface area contributed by atoms with E-state index < -0.39 is 0 Å². The molecule has 0 bridgehead atoms. The van der Waals surface area contributed by atoms with Crippen LogP contribution in [0.4, 0.5) is 0 Å². The molecule has 0 fully saturated rings. The maximum Gasteiger partial charge on any atom is -0.147 e. The van der Waals surface area contributed by atoms with E-state index in [4.69, 9.17) is 9.97 Å². The summed E-state index contributed by atoms with van der Waals surface area (Å²) < 4.78 is 2.46. The predicted octanol–water partition coefficient (Wildman–Crippen LogP) is 7.30. The van der Waals surface area contributed by atoms with Gasteiger partial charge in [0, 0.05) is 0 Å². The maximum absolute atomic E-state index is 5.03. The molecule has 5 heteroatoms. The second kappa shape index (κ2) is 10.6. The average Bonchev–Trinajstić information content (AvgIpc) is 2.73. The molecule has 0 amide bonds. The molecule has 0 aliphatic heterocycles. The summed E-state index contributed by atoms with van der Waals surface area (Å²) in [5.74, 6) is 0.958. The van der Waals surface area contributed by atoms with E-state index in [2.05, 4.69) is 82.8 Å². The van der Waals surface area contributed by atoms with Crippen LogP contribution in [-0.4, -0.2) is 9.97 Å². The number of halogens is 1. The third-order valence-electron chi connectivity index (χ3n) is 5.41. The Balaban J connectivity index is 0.00000181. The van der Waals surface area contributed by atoms with Gasteiger partial charge in [-0.3, -0.25) is 0 Å². The van der Waals surface area contributed by atoms with Crippen molar-refractivity contribution in [3.63, 3.8) is 0 Å². The zero-order valence-corrected chi connectivity index (χ0v) is 21.3. The normalized spacial score (nSPS) is 11.1. The molecule has 0 unspecified atom stereocenters. The first-order valence-electron chi connectivity index (χ1n) is 10.5. The zero-order chi connectivity index (χ0) is 21.4. The Morgan fingerprint density at radius 2 is 1.28 bits per heavy atom. The van der Waals surface area contributed by atoms with Crippen molar-refractivity contribution in [2.75, 3.05) is 0 Å². The van der Waals surface area contributed by atoms with Crippen molar-refractivity contribution in [2.45, 2.75) is 46.5 Å². The Kier molecular flexibility index (Phi) is 8.61. The number of benzene rings is 2. The molecule has 0 saturated carbocycles. The van der Waals surface area contributed by atoms with Gasteiger partial charge in [0.1, 0.15) is 0 Å². The van der Waals surface area contributed by atoms with Crippen LogP contribution in [0.5, 0.6) is 0 Å². The second-order valence-corrected chi connectivity index (χ2v) is 9.88. The predicted molar refractivity (Wildman–Crippen MR) is 137 cm³/mol. The van der Waals surface area contributed by atoms with Gasteiger partial charge in [0.05, 0.1) is 0 Å². The number of nitrogens with zero attached hydrogens (tertiary/aromatic N) is 2. The van der Waals surface area contributed by atoms with Crippen LogP contribution in [0.2, 0.25) is 0 Å². The van der Waals surface area contributed by atoms with Crippen molar-refractivity contribution in [1.82, 2.24) is 16.1 Å². The molecule has 170 valence electrons. The van der Waals surface area contributed by atoms with Crippen LogP contribution in [0.25, 0.3) is 26.3 Å². The maximum atomic E-state index is 5.03. The first-order chi connectivity index (χ1) is 14.3. The van der Waals surface area contributed by atoms with E-state index in [-0.39, 0.29) is 18.6 Å². The largest absolute Gasteiger partial charge is 0.344 e. The Bertz CT molecular complexity index is 1240. The van der Waals surface area contributed by atoms with Crippen molar-refractivity contribution in [3.05, 3.63) is 83.7 Å². The molecule has 4 rings (SSSR count). The Morgan fingerprint density at radius 1 is 0.781 bits per heavy atom. The fourth-order valence-corrected chi connectivity index (χ4v) is 5.48. The van der Waals surface area contributed by atoms with Crippen LogP contribution in [0, 0.1) is 6.92 Å². The first-order valence-corrected chi connectivity index (χ1v) is 11.6. The molecule has 0 aliphatic rings. The molecule has 0 spiro atoms. The monoisotopic (exact) mass is 489 g/mol. The van der Waals surface area contributed by atoms with E-state index in [0.717, 1.165) is 52.6 Å². The van der Waals surface area contributed by atoms with Crippen molar-refractivity contribution >= 4 is 43.1 Å². The molecule has 0 saturated heterocycles. The van der Waals surface area contributed by atoms with Crippen LogP contribution in [0.1, 0.15) is 62.0 Å². The summed E-state index contributed by atoms with van der Waals surface area (Å²) >= 11 is 0.817. The third kappa shape index (κ3) is 5.05. The van der Waals surface area contributed by atoms with Crippen molar-refractivity contribution in [1.29, 1.82) is 0 Å². The smallest absolute Gasteiger partial charge is 0.147 e. The molecule has 2 aromatic heterocycles. The van der Waals surface area contributed by atoms with E-state index in [1.165, 1.54) is 15.6 Å².